The molecular formula is C16H21N3O3. The second-order valence-electron chi connectivity index (χ2n) is 5.72. The second-order valence-corrected chi connectivity index (χ2v) is 5.72. The lowest BCUT2D eigenvalue weighted by Gasteiger charge is -2.36. The van der Waals surface area contributed by atoms with Crippen LogP contribution in [0.4, 0.5) is 5.69 Å². The fourth-order valence-corrected chi connectivity index (χ4v) is 3.19. The molecule has 2 saturated heterocycles. The van der Waals surface area contributed by atoms with Crippen LogP contribution in [0.3, 0.4) is 0 Å². The molecular weight excluding hydrogens is 282 g/mol. The van der Waals surface area contributed by atoms with Gasteiger partial charge >= 0.3 is 0 Å². The number of carbonyl (C=O) groups is 2. The van der Waals surface area contributed by atoms with E-state index in [-0.39, 0.29) is 30.9 Å². The number of para-hydroxylation sites is 1. The molecule has 6 heteroatoms. The molecule has 1 aromatic rings. The van der Waals surface area contributed by atoms with Crippen LogP contribution in [0, 0.1) is 0 Å². The minimum Gasteiger partial charge on any atom is -0.395 e. The zero-order chi connectivity index (χ0) is 15.5. The van der Waals surface area contributed by atoms with Crippen LogP contribution in [0.2, 0.25) is 0 Å². The number of imide groups is 1. The molecule has 0 radical (unpaired) electrons. The van der Waals surface area contributed by atoms with Crippen molar-refractivity contribution in [2.45, 2.75) is 12.5 Å². The maximum absolute atomic E-state index is 12.6. The van der Waals surface area contributed by atoms with Crippen LogP contribution in [0.15, 0.2) is 30.3 Å². The highest BCUT2D eigenvalue weighted by Gasteiger charge is 2.43. The van der Waals surface area contributed by atoms with Gasteiger partial charge in [0.1, 0.15) is 0 Å². The smallest absolute Gasteiger partial charge is 0.251 e. The number of hydrogen-bond donors (Lipinski definition) is 1. The first-order valence-corrected chi connectivity index (χ1v) is 7.70. The molecule has 0 saturated carbocycles. The van der Waals surface area contributed by atoms with E-state index < -0.39 is 0 Å². The van der Waals surface area contributed by atoms with Gasteiger partial charge in [-0.05, 0) is 12.1 Å². The van der Waals surface area contributed by atoms with Crippen LogP contribution < -0.4 is 4.90 Å². The fraction of sp³-hybridized carbons (Fsp3) is 0.500. The lowest BCUT2D eigenvalue weighted by atomic mass is 10.1. The Balaban J connectivity index is 1.67. The Morgan fingerprint density at radius 2 is 1.73 bits per heavy atom. The SMILES string of the molecule is O=C1C[C@@H](N2CCN(CCO)CC2)C(=O)N1c1ccccc1. The summed E-state index contributed by atoms with van der Waals surface area (Å²) in [6.07, 6.45) is 0.258. The molecule has 0 bridgehead atoms. The van der Waals surface area contributed by atoms with Crippen molar-refractivity contribution in [1.82, 2.24) is 9.80 Å². The predicted octanol–water partition coefficient (Wildman–Crippen LogP) is -0.0716. The molecule has 6 nitrogen and oxygen atoms in total. The number of benzene rings is 1. The summed E-state index contributed by atoms with van der Waals surface area (Å²) in [4.78, 5) is 30.5. The van der Waals surface area contributed by atoms with Crippen LogP contribution in [0.25, 0.3) is 0 Å². The minimum absolute atomic E-state index is 0.119. The highest BCUT2D eigenvalue weighted by Crippen LogP contribution is 2.25. The average Bonchev–Trinajstić information content (AvgIpc) is 2.84. The van der Waals surface area contributed by atoms with E-state index in [2.05, 4.69) is 9.80 Å². The van der Waals surface area contributed by atoms with E-state index in [4.69, 9.17) is 5.11 Å². The number of β-amino-alcohol motifs (C(OH)–C–C–N with tert-alkyl or cyclic N) is 1. The van der Waals surface area contributed by atoms with Gasteiger partial charge in [-0.2, -0.15) is 0 Å². The largest absolute Gasteiger partial charge is 0.395 e. The molecule has 22 heavy (non-hydrogen) atoms. The van der Waals surface area contributed by atoms with E-state index in [1.165, 1.54) is 4.90 Å². The van der Waals surface area contributed by atoms with Gasteiger partial charge in [0, 0.05) is 32.7 Å². The molecule has 2 aliphatic heterocycles. The van der Waals surface area contributed by atoms with Crippen LogP contribution in [-0.2, 0) is 9.59 Å². The Kier molecular flexibility index (Phi) is 4.52. The van der Waals surface area contributed by atoms with Crippen molar-refractivity contribution in [3.8, 4) is 0 Å². The van der Waals surface area contributed by atoms with Gasteiger partial charge in [-0.1, -0.05) is 18.2 Å². The number of aliphatic hydroxyl groups excluding tert-OH is 1. The Labute approximate surface area is 129 Å². The molecule has 0 aromatic heterocycles. The molecule has 0 unspecified atom stereocenters. The third-order valence-corrected chi connectivity index (χ3v) is 4.40. The second kappa shape index (κ2) is 6.56. The highest BCUT2D eigenvalue weighted by atomic mass is 16.3. The summed E-state index contributed by atoms with van der Waals surface area (Å²) < 4.78 is 0. The van der Waals surface area contributed by atoms with Crippen LogP contribution in [0.1, 0.15) is 6.42 Å². The Hall–Kier alpha value is -1.76. The zero-order valence-corrected chi connectivity index (χ0v) is 12.5. The van der Waals surface area contributed by atoms with E-state index in [9.17, 15) is 9.59 Å². The molecule has 2 heterocycles. The normalized spacial score (nSPS) is 24.2. The van der Waals surface area contributed by atoms with E-state index >= 15 is 0 Å². The quantitative estimate of drug-likeness (QED) is 0.789. The minimum atomic E-state index is -0.344. The lowest BCUT2D eigenvalue weighted by Crippen LogP contribution is -2.52. The third kappa shape index (κ3) is 2.90. The molecule has 1 N–H and O–H groups in total. The predicted molar refractivity (Wildman–Crippen MR) is 82.4 cm³/mol. The fourth-order valence-electron chi connectivity index (χ4n) is 3.19. The average molecular weight is 303 g/mol. The number of nitrogens with zero attached hydrogens (tertiary/aromatic N) is 3. The van der Waals surface area contributed by atoms with Crippen molar-refractivity contribution in [1.29, 1.82) is 0 Å². The summed E-state index contributed by atoms with van der Waals surface area (Å²) in [5, 5.41) is 8.97. The van der Waals surface area contributed by atoms with E-state index in [0.717, 1.165) is 26.2 Å². The van der Waals surface area contributed by atoms with Crippen molar-refractivity contribution in [2.75, 3.05) is 44.2 Å². The van der Waals surface area contributed by atoms with Crippen molar-refractivity contribution in [3.05, 3.63) is 30.3 Å². The van der Waals surface area contributed by atoms with Gasteiger partial charge in [0.2, 0.25) is 5.91 Å². The summed E-state index contributed by atoms with van der Waals surface area (Å²) in [5.74, 6) is -0.245. The first-order chi connectivity index (χ1) is 10.7. The molecule has 2 aliphatic rings. The monoisotopic (exact) mass is 303 g/mol. The molecule has 1 aromatic carbocycles. The van der Waals surface area contributed by atoms with Gasteiger partial charge < -0.3 is 5.11 Å². The number of aliphatic hydroxyl groups is 1. The summed E-state index contributed by atoms with van der Waals surface area (Å²) in [6, 6.07) is 8.76. The molecule has 2 amide bonds. The standard InChI is InChI=1S/C16H21N3O3/c20-11-10-17-6-8-18(9-7-17)14-12-15(21)19(16(14)22)13-4-2-1-3-5-13/h1-5,14,20H,6-12H2/t14-/m1/s1. The van der Waals surface area contributed by atoms with Crippen molar-refractivity contribution < 1.29 is 14.7 Å². The van der Waals surface area contributed by atoms with Gasteiger partial charge in [-0.3, -0.25) is 19.4 Å². The van der Waals surface area contributed by atoms with Gasteiger partial charge in [0.25, 0.3) is 5.91 Å². The Morgan fingerprint density at radius 3 is 2.36 bits per heavy atom. The van der Waals surface area contributed by atoms with Crippen LogP contribution >= 0.6 is 0 Å². The molecule has 0 aliphatic carbocycles. The maximum Gasteiger partial charge on any atom is 0.251 e. The van der Waals surface area contributed by atoms with Crippen molar-refractivity contribution >= 4 is 17.5 Å². The topological polar surface area (TPSA) is 64.1 Å². The highest BCUT2D eigenvalue weighted by molar-refractivity contribution is 6.22. The first kappa shape index (κ1) is 15.1. The van der Waals surface area contributed by atoms with E-state index in [1.54, 1.807) is 12.1 Å². The first-order valence-electron chi connectivity index (χ1n) is 7.70. The van der Waals surface area contributed by atoms with E-state index in [1.807, 2.05) is 18.2 Å². The molecule has 1 atom stereocenters. The Morgan fingerprint density at radius 1 is 1.05 bits per heavy atom. The summed E-state index contributed by atoms with van der Waals surface area (Å²) in [5.41, 5.74) is 0.652. The number of rotatable bonds is 4. The zero-order valence-electron chi connectivity index (χ0n) is 12.5. The Bertz CT molecular complexity index is 541. The van der Waals surface area contributed by atoms with E-state index in [0.29, 0.717) is 12.2 Å². The van der Waals surface area contributed by atoms with Crippen LogP contribution in [0.5, 0.6) is 0 Å². The number of anilines is 1. The molecule has 0 spiro atoms. The molecule has 118 valence electrons. The van der Waals surface area contributed by atoms with Gasteiger partial charge in [0.05, 0.1) is 24.8 Å². The number of piperazine rings is 1. The maximum atomic E-state index is 12.6. The third-order valence-electron chi connectivity index (χ3n) is 4.40. The lowest BCUT2D eigenvalue weighted by molar-refractivity contribution is -0.123. The summed E-state index contributed by atoms with van der Waals surface area (Å²) >= 11 is 0. The van der Waals surface area contributed by atoms with Crippen molar-refractivity contribution in [2.24, 2.45) is 0 Å². The molecule has 3 rings (SSSR count). The van der Waals surface area contributed by atoms with Crippen LogP contribution in [-0.4, -0.2) is 72.1 Å². The van der Waals surface area contributed by atoms with Gasteiger partial charge in [0.15, 0.2) is 0 Å². The molecule has 2 fully saturated rings. The summed E-state index contributed by atoms with van der Waals surface area (Å²) in [7, 11) is 0. The van der Waals surface area contributed by atoms with Gasteiger partial charge in [-0.15, -0.1) is 0 Å². The number of hydrogen-bond acceptors (Lipinski definition) is 5. The number of carbonyl (C=O) groups excluding carboxylic acids is 2. The number of amides is 2. The van der Waals surface area contributed by atoms with Gasteiger partial charge in [-0.25, -0.2) is 4.90 Å². The summed E-state index contributed by atoms with van der Waals surface area (Å²) in [6.45, 7) is 3.98. The van der Waals surface area contributed by atoms with Crippen molar-refractivity contribution in [3.63, 3.8) is 0 Å².